The van der Waals surface area contributed by atoms with E-state index >= 15 is 0 Å². The molecule has 1 aliphatic rings. The van der Waals surface area contributed by atoms with Crippen molar-refractivity contribution in [3.8, 4) is 0 Å². The number of carboxylic acid groups (broad SMARTS) is 1. The number of benzene rings is 1. The summed E-state index contributed by atoms with van der Waals surface area (Å²) < 4.78 is 1.16. The Balaban J connectivity index is 1.87. The van der Waals surface area contributed by atoms with Gasteiger partial charge in [0.1, 0.15) is 6.10 Å². The van der Waals surface area contributed by atoms with Gasteiger partial charge < -0.3 is 20.2 Å². The van der Waals surface area contributed by atoms with Gasteiger partial charge in [0.25, 0.3) is 5.56 Å². The van der Waals surface area contributed by atoms with Gasteiger partial charge in [0.2, 0.25) is 5.91 Å². The largest absolute Gasteiger partial charge is 0.481 e. The molecule has 4 atom stereocenters. The maximum atomic E-state index is 12.8. The molecule has 0 aliphatic heterocycles. The molecule has 166 valence electrons. The van der Waals surface area contributed by atoms with Crippen LogP contribution in [0.5, 0.6) is 0 Å². The summed E-state index contributed by atoms with van der Waals surface area (Å²) in [5, 5.41) is 29.7. The lowest BCUT2D eigenvalue weighted by molar-refractivity contribution is -0.141. The standard InChI is InChI=1S/C21H25N3O7/c25-15-10-14(19(20(15)30)24-9-8-16(26)22-21(24)31)12-23(17(27)6-7-18(28)29)11-13-4-2-1-3-5-13/h1-5,8-9,14-15,19-20,25,30H,6-7,10-12H2,(H,28,29)(H,22,26,31)/t14-,15-,19-,20-/m0/s1. The zero-order chi connectivity index (χ0) is 22.5. The number of H-pyrrole nitrogens is 1. The van der Waals surface area contributed by atoms with Crippen LogP contribution in [0.15, 0.2) is 52.2 Å². The fourth-order valence-electron chi connectivity index (χ4n) is 4.05. The minimum Gasteiger partial charge on any atom is -0.481 e. The molecule has 1 saturated carbocycles. The molecule has 0 unspecified atom stereocenters. The maximum Gasteiger partial charge on any atom is 0.328 e. The third kappa shape index (κ3) is 5.47. The molecule has 0 bridgehead atoms. The first-order chi connectivity index (χ1) is 14.8. The van der Waals surface area contributed by atoms with Crippen LogP contribution in [0.25, 0.3) is 0 Å². The highest BCUT2D eigenvalue weighted by molar-refractivity contribution is 5.80. The molecule has 10 heteroatoms. The third-order valence-electron chi connectivity index (χ3n) is 5.52. The second-order valence-electron chi connectivity index (χ2n) is 7.72. The normalized spacial score (nSPS) is 22.9. The van der Waals surface area contributed by atoms with Crippen molar-refractivity contribution in [1.82, 2.24) is 14.5 Å². The molecule has 1 amide bonds. The average molecular weight is 431 g/mol. The smallest absolute Gasteiger partial charge is 0.328 e. The Labute approximate surface area is 177 Å². The van der Waals surface area contributed by atoms with Gasteiger partial charge in [0, 0.05) is 37.7 Å². The van der Waals surface area contributed by atoms with Gasteiger partial charge in [-0.05, 0) is 12.0 Å². The zero-order valence-electron chi connectivity index (χ0n) is 16.8. The van der Waals surface area contributed by atoms with Gasteiger partial charge in [-0.1, -0.05) is 30.3 Å². The van der Waals surface area contributed by atoms with E-state index in [-0.39, 0.29) is 38.3 Å². The highest BCUT2D eigenvalue weighted by Gasteiger charge is 2.44. The number of aromatic amines is 1. The Bertz CT molecular complexity index is 1030. The summed E-state index contributed by atoms with van der Waals surface area (Å²) in [6.45, 7) is 0.312. The quantitative estimate of drug-likeness (QED) is 0.448. The molecular weight excluding hydrogens is 406 g/mol. The number of rotatable bonds is 8. The molecule has 1 aromatic carbocycles. The maximum absolute atomic E-state index is 12.8. The van der Waals surface area contributed by atoms with E-state index in [0.29, 0.717) is 0 Å². The second kappa shape index (κ2) is 9.71. The van der Waals surface area contributed by atoms with Gasteiger partial charge >= 0.3 is 11.7 Å². The van der Waals surface area contributed by atoms with Crippen molar-refractivity contribution < 1.29 is 24.9 Å². The minimum absolute atomic E-state index is 0.0949. The summed E-state index contributed by atoms with van der Waals surface area (Å²) in [6.07, 6.45) is -1.49. The van der Waals surface area contributed by atoms with Crippen LogP contribution in [0.4, 0.5) is 0 Å². The number of hydrogen-bond donors (Lipinski definition) is 4. The SMILES string of the molecule is O=C(O)CCC(=O)N(Cc1ccccc1)C[C@@H]1C[C@H](O)[C@H](O)[C@H]1n1ccc(=O)[nH]c1=O. The van der Waals surface area contributed by atoms with E-state index in [9.17, 15) is 29.4 Å². The van der Waals surface area contributed by atoms with Crippen molar-refractivity contribution in [3.05, 3.63) is 69.0 Å². The van der Waals surface area contributed by atoms with Crippen LogP contribution in [0.3, 0.4) is 0 Å². The second-order valence-corrected chi connectivity index (χ2v) is 7.72. The van der Waals surface area contributed by atoms with E-state index in [1.807, 2.05) is 30.3 Å². The minimum atomic E-state index is -1.26. The van der Waals surface area contributed by atoms with Crippen LogP contribution in [-0.2, 0) is 16.1 Å². The molecule has 1 aromatic heterocycles. The molecule has 31 heavy (non-hydrogen) atoms. The molecule has 10 nitrogen and oxygen atoms in total. The Morgan fingerprint density at radius 3 is 2.45 bits per heavy atom. The first-order valence-corrected chi connectivity index (χ1v) is 9.97. The summed E-state index contributed by atoms with van der Waals surface area (Å²) in [6, 6.07) is 9.43. The highest BCUT2D eigenvalue weighted by atomic mass is 16.4. The number of aliphatic hydroxyl groups excluding tert-OH is 2. The lowest BCUT2D eigenvalue weighted by atomic mass is 10.0. The van der Waals surface area contributed by atoms with Gasteiger partial charge in [-0.2, -0.15) is 0 Å². The Morgan fingerprint density at radius 1 is 1.10 bits per heavy atom. The first-order valence-electron chi connectivity index (χ1n) is 9.97. The van der Waals surface area contributed by atoms with Gasteiger partial charge in [-0.25, -0.2) is 4.79 Å². The molecule has 0 spiro atoms. The number of aliphatic hydroxyl groups is 2. The van der Waals surface area contributed by atoms with E-state index in [0.717, 1.165) is 16.2 Å². The molecule has 1 aliphatic carbocycles. The molecule has 0 saturated heterocycles. The van der Waals surface area contributed by atoms with E-state index < -0.39 is 41.4 Å². The third-order valence-corrected chi connectivity index (χ3v) is 5.52. The highest BCUT2D eigenvalue weighted by Crippen LogP contribution is 2.36. The fourth-order valence-corrected chi connectivity index (χ4v) is 4.05. The Kier molecular flexibility index (Phi) is 7.03. The van der Waals surface area contributed by atoms with Crippen molar-refractivity contribution in [1.29, 1.82) is 0 Å². The van der Waals surface area contributed by atoms with E-state index in [2.05, 4.69) is 4.98 Å². The van der Waals surface area contributed by atoms with Gasteiger partial charge in [-0.3, -0.25) is 23.9 Å². The molecule has 1 fully saturated rings. The molecule has 4 N–H and O–H groups in total. The van der Waals surface area contributed by atoms with Gasteiger partial charge in [0.15, 0.2) is 0 Å². The summed E-state index contributed by atoms with van der Waals surface area (Å²) >= 11 is 0. The van der Waals surface area contributed by atoms with Crippen molar-refractivity contribution in [2.45, 2.75) is 44.1 Å². The predicted octanol–water partition coefficient (Wildman–Crippen LogP) is -0.287. The summed E-state index contributed by atoms with van der Waals surface area (Å²) in [5.74, 6) is -1.96. The Hall–Kier alpha value is -3.24. The lowest BCUT2D eigenvalue weighted by Gasteiger charge is -2.30. The topological polar surface area (TPSA) is 153 Å². The van der Waals surface area contributed by atoms with Crippen LogP contribution in [0.2, 0.25) is 0 Å². The van der Waals surface area contributed by atoms with Crippen molar-refractivity contribution in [2.75, 3.05) is 6.54 Å². The summed E-state index contributed by atoms with van der Waals surface area (Å²) in [5.41, 5.74) is -0.467. The van der Waals surface area contributed by atoms with Crippen molar-refractivity contribution >= 4 is 11.9 Å². The number of amides is 1. The average Bonchev–Trinajstić information content (AvgIpc) is 3.00. The number of hydrogen-bond acceptors (Lipinski definition) is 6. The molecule has 3 rings (SSSR count). The number of aromatic nitrogens is 2. The van der Waals surface area contributed by atoms with Crippen LogP contribution in [0.1, 0.15) is 30.9 Å². The monoisotopic (exact) mass is 431 g/mol. The van der Waals surface area contributed by atoms with Crippen LogP contribution < -0.4 is 11.2 Å². The van der Waals surface area contributed by atoms with Crippen LogP contribution in [0, 0.1) is 5.92 Å². The number of nitrogens with one attached hydrogen (secondary N) is 1. The number of carboxylic acids is 1. The molecule has 0 radical (unpaired) electrons. The zero-order valence-corrected chi connectivity index (χ0v) is 16.8. The van der Waals surface area contributed by atoms with Gasteiger partial charge in [0.05, 0.1) is 18.6 Å². The van der Waals surface area contributed by atoms with Crippen molar-refractivity contribution in [3.63, 3.8) is 0 Å². The van der Waals surface area contributed by atoms with Crippen LogP contribution in [-0.4, -0.2) is 60.4 Å². The number of carbonyl (C=O) groups excluding carboxylic acids is 1. The fraction of sp³-hybridized carbons (Fsp3) is 0.429. The number of aliphatic carboxylic acids is 1. The van der Waals surface area contributed by atoms with E-state index in [1.54, 1.807) is 0 Å². The van der Waals surface area contributed by atoms with E-state index in [4.69, 9.17) is 5.11 Å². The predicted molar refractivity (Wildman–Crippen MR) is 109 cm³/mol. The number of nitrogens with zero attached hydrogens (tertiary/aromatic N) is 2. The van der Waals surface area contributed by atoms with E-state index in [1.165, 1.54) is 11.1 Å². The summed E-state index contributed by atoms with van der Waals surface area (Å²) in [7, 11) is 0. The molecular formula is C21H25N3O7. The van der Waals surface area contributed by atoms with Crippen LogP contribution >= 0.6 is 0 Å². The first kappa shape index (κ1) is 22.4. The lowest BCUT2D eigenvalue weighted by Crippen LogP contribution is -2.42. The Morgan fingerprint density at radius 2 is 1.81 bits per heavy atom. The van der Waals surface area contributed by atoms with Crippen molar-refractivity contribution in [2.24, 2.45) is 5.92 Å². The summed E-state index contributed by atoms with van der Waals surface area (Å²) in [4.78, 5) is 51.0. The number of carbonyl (C=O) groups is 2. The molecule has 1 heterocycles. The van der Waals surface area contributed by atoms with Gasteiger partial charge in [-0.15, -0.1) is 0 Å². The molecule has 2 aromatic rings.